The number of carbonyl (C=O) groups is 2. The van der Waals surface area contributed by atoms with Gasteiger partial charge in [-0.1, -0.05) is 0 Å². The van der Waals surface area contributed by atoms with Crippen molar-refractivity contribution in [1.29, 1.82) is 0 Å². The molecule has 0 aromatic heterocycles. The number of rotatable bonds is 0. The Bertz CT molecular complexity index is 92.5. The van der Waals surface area contributed by atoms with Crippen molar-refractivity contribution < 1.29 is 31.0 Å². The largest absolute Gasteiger partial charge is 2.00 e. The van der Waals surface area contributed by atoms with Crippen LogP contribution in [0.1, 0.15) is 5.71 Å². The van der Waals surface area contributed by atoms with E-state index in [2.05, 4.69) is 0 Å². The van der Waals surface area contributed by atoms with Gasteiger partial charge in [-0.05, 0) is 0 Å². The van der Waals surface area contributed by atoms with Crippen LogP contribution >= 0.6 is 0 Å². The van der Waals surface area contributed by atoms with Crippen LogP contribution in [0.15, 0.2) is 0 Å². The molecule has 0 saturated carbocycles. The van der Waals surface area contributed by atoms with Gasteiger partial charge in [-0.2, -0.15) is 0 Å². The van der Waals surface area contributed by atoms with Gasteiger partial charge in [-0.3, -0.25) is 0 Å². The maximum atomic E-state index is 9.10. The van der Waals surface area contributed by atoms with Crippen LogP contribution in [0.5, 0.6) is 0 Å². The molecule has 0 atom stereocenters. The summed E-state index contributed by atoms with van der Waals surface area (Å²) in [6.45, 7) is 0. The van der Waals surface area contributed by atoms with E-state index in [1.165, 1.54) is 0 Å². The Morgan fingerprint density at radius 1 is 1.11 bits per heavy atom. The molecule has 50 valence electrons. The van der Waals surface area contributed by atoms with Crippen LogP contribution in [-0.4, -0.2) is 88.4 Å². The van der Waals surface area contributed by atoms with Crippen molar-refractivity contribution >= 4 is 72.7 Å². The summed E-state index contributed by atoms with van der Waals surface area (Å²) in [6.07, 6.45) is 0. The molecular weight excluding hydrogens is 168 g/mol. The summed E-state index contributed by atoms with van der Waals surface area (Å²) >= 11 is 0. The maximum Gasteiger partial charge on any atom is 2.00 e. The van der Waals surface area contributed by atoms with E-state index in [-0.39, 0.29) is 72.0 Å². The van der Waals surface area contributed by atoms with E-state index < -0.39 is 11.9 Å². The zero-order valence-electron chi connectivity index (χ0n) is 8.63. The zero-order valence-corrected chi connectivity index (χ0v) is 8.25. The van der Waals surface area contributed by atoms with Gasteiger partial charge in [0.25, 0.3) is 0 Å². The normalized spacial score (nSPS) is 4.89. The van der Waals surface area contributed by atoms with E-state index in [1.54, 1.807) is 0 Å². The first kappa shape index (κ1) is 22.5. The first-order valence-electron chi connectivity index (χ1n) is 1.11. The second-order valence-corrected chi connectivity index (χ2v) is 0.610. The predicted octanol–water partition coefficient (Wildman–Crippen LogP) is -1.98. The van der Waals surface area contributed by atoms with Crippen molar-refractivity contribution in [2.24, 2.45) is 0 Å². The van der Waals surface area contributed by atoms with Gasteiger partial charge in [0.1, 0.15) is 0 Å². The van der Waals surface area contributed by atoms with Crippen molar-refractivity contribution in [3.05, 3.63) is 0 Å². The van der Waals surface area contributed by atoms with Crippen LogP contribution in [-0.2, 0) is 9.59 Å². The molecule has 7 heteroatoms. The molecule has 0 aromatic carbocycles. The smallest absolute Gasteiger partial charge is 1.00 e. The third-order valence-electron chi connectivity index (χ3n) is 0.183. The first-order chi connectivity index (χ1) is 2.64. The SMILES string of the molecule is O.O=C(O)C(=O)O.[Ca+2].[H-].[H-].[H-].[H-].[Mg+2]. The molecule has 0 heterocycles. The topological polar surface area (TPSA) is 106 Å². The standard InChI is InChI=1S/C2H2O4.Ca.Mg.H2O.4H/c3-1(4)2(5)6;;;;;;;/h(H,3,4)(H,5,6);;;1H2;;;;/q;2*+2;;4*-1. The minimum atomic E-state index is -1.82. The fourth-order valence-corrected chi connectivity index (χ4v) is 0. The number of carboxylic acid groups (broad SMARTS) is 2. The number of aliphatic carboxylic acids is 2. The van der Waals surface area contributed by atoms with Crippen LogP contribution in [0, 0.1) is 0 Å². The van der Waals surface area contributed by atoms with Gasteiger partial charge >= 0.3 is 72.7 Å². The quantitative estimate of drug-likeness (QED) is 0.329. The average Bonchev–Trinajstić information content (AvgIpc) is 1.36. The number of hydrogen-bond donors (Lipinski definition) is 2. The van der Waals surface area contributed by atoms with Gasteiger partial charge in [0.2, 0.25) is 0 Å². The van der Waals surface area contributed by atoms with Crippen LogP contribution < -0.4 is 0 Å². The van der Waals surface area contributed by atoms with Crippen molar-refractivity contribution in [3.63, 3.8) is 0 Å². The molecule has 0 aliphatic rings. The van der Waals surface area contributed by atoms with Crippen LogP contribution in [0.25, 0.3) is 0 Å². The molecule has 5 nitrogen and oxygen atoms in total. The molecule has 4 N–H and O–H groups in total. The van der Waals surface area contributed by atoms with E-state index in [0.717, 1.165) is 0 Å². The molecule has 0 saturated heterocycles. The Hall–Kier alpha value is 0.926. The zero-order chi connectivity index (χ0) is 5.15. The summed E-state index contributed by atoms with van der Waals surface area (Å²) in [5, 5.41) is 14.8. The Morgan fingerprint density at radius 3 is 1.22 bits per heavy atom. The number of carboxylic acids is 2. The Balaban J connectivity index is -0.00000000595. The molecule has 0 spiro atoms. The maximum absolute atomic E-state index is 9.10. The fourth-order valence-electron chi connectivity index (χ4n) is 0. The molecule has 0 radical (unpaired) electrons. The van der Waals surface area contributed by atoms with E-state index in [4.69, 9.17) is 19.8 Å². The molecule has 0 aliphatic heterocycles. The molecule has 0 amide bonds. The van der Waals surface area contributed by atoms with Crippen LogP contribution in [0.4, 0.5) is 0 Å². The Morgan fingerprint density at radius 2 is 1.22 bits per heavy atom. The van der Waals surface area contributed by atoms with Crippen molar-refractivity contribution in [2.45, 2.75) is 0 Å². The minimum absolute atomic E-state index is 0. The fraction of sp³-hybridized carbons (Fsp3) is 0. The van der Waals surface area contributed by atoms with Crippen molar-refractivity contribution in [1.82, 2.24) is 0 Å². The summed E-state index contributed by atoms with van der Waals surface area (Å²) < 4.78 is 0. The molecular formula is C2H8CaMgO5. The van der Waals surface area contributed by atoms with E-state index in [0.29, 0.717) is 0 Å². The van der Waals surface area contributed by atoms with E-state index in [1.807, 2.05) is 0 Å². The Labute approximate surface area is 103 Å². The summed E-state index contributed by atoms with van der Waals surface area (Å²) in [6, 6.07) is 0. The van der Waals surface area contributed by atoms with E-state index >= 15 is 0 Å². The third-order valence-corrected chi connectivity index (χ3v) is 0.183. The molecule has 0 aromatic rings. The van der Waals surface area contributed by atoms with Crippen LogP contribution in [0.2, 0.25) is 0 Å². The van der Waals surface area contributed by atoms with Gasteiger partial charge in [0.05, 0.1) is 0 Å². The van der Waals surface area contributed by atoms with Crippen molar-refractivity contribution in [2.75, 3.05) is 0 Å². The summed E-state index contributed by atoms with van der Waals surface area (Å²) in [4.78, 5) is 18.2. The average molecular weight is 176 g/mol. The predicted molar refractivity (Wildman–Crippen MR) is 34.8 cm³/mol. The monoisotopic (exact) mass is 176 g/mol. The van der Waals surface area contributed by atoms with Gasteiger partial charge < -0.3 is 21.4 Å². The van der Waals surface area contributed by atoms with Gasteiger partial charge in [0.15, 0.2) is 0 Å². The minimum Gasteiger partial charge on any atom is -1.00 e. The second kappa shape index (κ2) is 11.7. The molecule has 0 unspecified atom stereocenters. The third kappa shape index (κ3) is 17.6. The molecule has 9 heavy (non-hydrogen) atoms. The van der Waals surface area contributed by atoms with Gasteiger partial charge in [-0.15, -0.1) is 0 Å². The molecule has 0 rings (SSSR count). The van der Waals surface area contributed by atoms with Crippen LogP contribution in [0.3, 0.4) is 0 Å². The van der Waals surface area contributed by atoms with Crippen molar-refractivity contribution in [3.8, 4) is 0 Å². The van der Waals surface area contributed by atoms with Gasteiger partial charge in [0, 0.05) is 0 Å². The summed E-state index contributed by atoms with van der Waals surface area (Å²) in [5.74, 6) is -3.65. The van der Waals surface area contributed by atoms with Gasteiger partial charge in [-0.25, -0.2) is 9.59 Å². The first-order valence-corrected chi connectivity index (χ1v) is 1.11. The summed E-state index contributed by atoms with van der Waals surface area (Å²) in [7, 11) is 0. The second-order valence-electron chi connectivity index (χ2n) is 0.610. The molecule has 0 aliphatic carbocycles. The van der Waals surface area contributed by atoms with E-state index in [9.17, 15) is 0 Å². The molecule has 0 fully saturated rings. The Kier molecular flexibility index (Phi) is 29.2. The summed E-state index contributed by atoms with van der Waals surface area (Å²) in [5.41, 5.74) is 0. The molecule has 0 bridgehead atoms. The number of hydrogen-bond acceptors (Lipinski definition) is 2.